The van der Waals surface area contributed by atoms with Gasteiger partial charge in [0.15, 0.2) is 6.20 Å². The molecule has 0 spiro atoms. The number of nitrogens with one attached hydrogen (secondary N) is 1. The highest BCUT2D eigenvalue weighted by molar-refractivity contribution is 6.36. The van der Waals surface area contributed by atoms with Crippen molar-refractivity contribution in [2.24, 2.45) is 0 Å². The van der Waals surface area contributed by atoms with Crippen LogP contribution in [0.5, 0.6) is 0 Å². The van der Waals surface area contributed by atoms with E-state index in [-0.39, 0.29) is 12.5 Å². The van der Waals surface area contributed by atoms with Crippen molar-refractivity contribution in [2.45, 2.75) is 6.54 Å². The molecule has 4 nitrogen and oxygen atoms in total. The van der Waals surface area contributed by atoms with Crippen molar-refractivity contribution in [3.05, 3.63) is 93.4 Å². The van der Waals surface area contributed by atoms with E-state index in [9.17, 15) is 10.0 Å². The lowest BCUT2D eigenvalue weighted by Gasteiger charge is -2.09. The average molecular weight is 373 g/mol. The van der Waals surface area contributed by atoms with Gasteiger partial charge in [0.2, 0.25) is 5.69 Å². The van der Waals surface area contributed by atoms with E-state index in [1.54, 1.807) is 48.5 Å². The minimum absolute atomic E-state index is 0.148. The van der Waals surface area contributed by atoms with Gasteiger partial charge in [-0.15, -0.1) is 0 Å². The second-order valence-corrected chi connectivity index (χ2v) is 6.25. The molecule has 1 amide bonds. The van der Waals surface area contributed by atoms with Gasteiger partial charge in [-0.1, -0.05) is 41.4 Å². The molecule has 6 heteroatoms. The van der Waals surface area contributed by atoms with Gasteiger partial charge >= 0.3 is 0 Å². The topological polar surface area (TPSA) is 56.0 Å². The molecule has 0 aliphatic heterocycles. The van der Waals surface area contributed by atoms with Crippen LogP contribution in [0.4, 0.5) is 0 Å². The summed E-state index contributed by atoms with van der Waals surface area (Å²) in [5, 5.41) is 15.4. The Morgan fingerprint density at radius 1 is 1.04 bits per heavy atom. The van der Waals surface area contributed by atoms with Crippen LogP contribution in [0, 0.1) is 5.21 Å². The van der Waals surface area contributed by atoms with Crippen LogP contribution in [0.2, 0.25) is 10.0 Å². The fourth-order valence-electron chi connectivity index (χ4n) is 2.42. The monoisotopic (exact) mass is 372 g/mol. The summed E-state index contributed by atoms with van der Waals surface area (Å²) in [4.78, 5) is 12.4. The third-order valence-corrected chi connectivity index (χ3v) is 4.25. The highest BCUT2D eigenvalue weighted by Gasteiger charge is 2.11. The number of carbonyl (C=O) groups is 1. The summed E-state index contributed by atoms with van der Waals surface area (Å²) in [6.07, 6.45) is 1.39. The van der Waals surface area contributed by atoms with Gasteiger partial charge in [-0.2, -0.15) is 4.73 Å². The Hall–Kier alpha value is -2.56. The molecule has 0 saturated heterocycles. The van der Waals surface area contributed by atoms with Crippen molar-refractivity contribution in [1.29, 1.82) is 0 Å². The molecular weight excluding hydrogens is 359 g/mol. The second-order valence-electron chi connectivity index (χ2n) is 5.41. The van der Waals surface area contributed by atoms with Crippen LogP contribution >= 0.6 is 23.2 Å². The Balaban J connectivity index is 1.79. The molecule has 3 rings (SSSR count). The first-order valence-electron chi connectivity index (χ1n) is 7.55. The molecule has 0 saturated carbocycles. The fraction of sp³-hybridized carbons (Fsp3) is 0.0526. The number of amides is 1. The van der Waals surface area contributed by atoms with E-state index < -0.39 is 0 Å². The summed E-state index contributed by atoms with van der Waals surface area (Å²) in [5.41, 5.74) is 2.55. The molecule has 0 fully saturated rings. The van der Waals surface area contributed by atoms with Crippen molar-refractivity contribution >= 4 is 29.1 Å². The van der Waals surface area contributed by atoms with Crippen LogP contribution in [-0.4, -0.2) is 5.91 Å². The van der Waals surface area contributed by atoms with E-state index in [1.807, 2.05) is 12.1 Å². The van der Waals surface area contributed by atoms with Crippen molar-refractivity contribution < 1.29 is 9.52 Å². The lowest BCUT2D eigenvalue weighted by atomic mass is 10.0. The number of rotatable bonds is 4. The predicted octanol–water partition coefficient (Wildman–Crippen LogP) is 4.22. The highest BCUT2D eigenvalue weighted by atomic mass is 35.5. The van der Waals surface area contributed by atoms with Gasteiger partial charge in [0.1, 0.15) is 6.54 Å². The summed E-state index contributed by atoms with van der Waals surface area (Å²) >= 11 is 12.2. The van der Waals surface area contributed by atoms with E-state index in [2.05, 4.69) is 5.32 Å². The molecule has 0 aliphatic carbocycles. The zero-order chi connectivity index (χ0) is 17.8. The number of aromatic nitrogens is 1. The van der Waals surface area contributed by atoms with Crippen molar-refractivity contribution in [3.63, 3.8) is 0 Å². The number of pyridine rings is 1. The molecule has 0 unspecified atom stereocenters. The Bertz CT molecular complexity index is 929. The lowest BCUT2D eigenvalue weighted by Crippen LogP contribution is -2.35. The average Bonchev–Trinajstić information content (AvgIpc) is 2.61. The van der Waals surface area contributed by atoms with E-state index >= 15 is 0 Å². The van der Waals surface area contributed by atoms with Crippen LogP contribution in [0.15, 0.2) is 66.9 Å². The van der Waals surface area contributed by atoms with Gasteiger partial charge in [-0.25, -0.2) is 0 Å². The first kappa shape index (κ1) is 17.3. The third kappa shape index (κ3) is 4.10. The van der Waals surface area contributed by atoms with Crippen molar-refractivity contribution in [1.82, 2.24) is 5.32 Å². The quantitative estimate of drug-likeness (QED) is 0.550. The molecule has 1 heterocycles. The molecule has 0 radical (unpaired) electrons. The number of carbonyl (C=O) groups excluding carboxylic acids is 1. The smallest absolute Gasteiger partial charge is 0.251 e. The molecular formula is C19H14Cl2N2O2. The van der Waals surface area contributed by atoms with Crippen LogP contribution in [0.25, 0.3) is 11.1 Å². The molecule has 3 aromatic rings. The minimum Gasteiger partial charge on any atom is -0.618 e. The van der Waals surface area contributed by atoms with E-state index in [0.717, 1.165) is 15.9 Å². The maximum Gasteiger partial charge on any atom is 0.251 e. The first-order valence-corrected chi connectivity index (χ1v) is 8.31. The molecule has 126 valence electrons. The molecule has 0 aliphatic rings. The van der Waals surface area contributed by atoms with Crippen molar-refractivity contribution in [2.75, 3.05) is 0 Å². The Morgan fingerprint density at radius 3 is 2.64 bits per heavy atom. The summed E-state index contributed by atoms with van der Waals surface area (Å²) in [6.45, 7) is 0.148. The summed E-state index contributed by atoms with van der Waals surface area (Å²) in [6, 6.07) is 17.4. The van der Waals surface area contributed by atoms with Crippen LogP contribution in [-0.2, 0) is 6.54 Å². The maximum atomic E-state index is 12.4. The number of nitrogens with zero attached hydrogens (tertiary/aromatic N) is 1. The Kier molecular flexibility index (Phi) is 5.22. The lowest BCUT2D eigenvalue weighted by molar-refractivity contribution is -0.614. The summed E-state index contributed by atoms with van der Waals surface area (Å²) in [7, 11) is 0. The highest BCUT2D eigenvalue weighted by Crippen LogP contribution is 2.30. The van der Waals surface area contributed by atoms with Gasteiger partial charge < -0.3 is 10.5 Å². The number of hydrogen-bond acceptors (Lipinski definition) is 2. The SMILES string of the molecule is O=C(NCc1cccc[n+]1[O-])c1cccc(-c2ccc(Cl)cc2Cl)c1. The van der Waals surface area contributed by atoms with Crippen LogP contribution in [0.3, 0.4) is 0 Å². The van der Waals surface area contributed by atoms with E-state index in [0.29, 0.717) is 21.3 Å². The molecule has 0 atom stereocenters. The van der Waals surface area contributed by atoms with Crippen LogP contribution in [0.1, 0.15) is 16.1 Å². The molecule has 1 aromatic heterocycles. The second kappa shape index (κ2) is 7.55. The van der Waals surface area contributed by atoms with Gasteiger partial charge in [0, 0.05) is 33.3 Å². The van der Waals surface area contributed by atoms with E-state index in [1.165, 1.54) is 6.20 Å². The van der Waals surface area contributed by atoms with Crippen molar-refractivity contribution in [3.8, 4) is 11.1 Å². The third-order valence-electron chi connectivity index (χ3n) is 3.70. The van der Waals surface area contributed by atoms with Gasteiger partial charge in [0.25, 0.3) is 5.91 Å². The Labute approximate surface area is 155 Å². The summed E-state index contributed by atoms with van der Waals surface area (Å²) in [5.74, 6) is -0.268. The minimum atomic E-state index is -0.268. The largest absolute Gasteiger partial charge is 0.618 e. The van der Waals surface area contributed by atoms with Gasteiger partial charge in [-0.3, -0.25) is 4.79 Å². The first-order chi connectivity index (χ1) is 12.0. The fourth-order valence-corrected chi connectivity index (χ4v) is 2.94. The molecule has 25 heavy (non-hydrogen) atoms. The van der Waals surface area contributed by atoms with Crippen LogP contribution < -0.4 is 10.0 Å². The van der Waals surface area contributed by atoms with E-state index in [4.69, 9.17) is 23.2 Å². The molecule has 2 aromatic carbocycles. The zero-order valence-corrected chi connectivity index (χ0v) is 14.6. The maximum absolute atomic E-state index is 12.4. The standard InChI is InChI=1S/C19H14Cl2N2O2/c20-15-7-8-17(18(21)11-15)13-4-3-5-14(10-13)19(24)22-12-16-6-1-2-9-23(16)25/h1-11H,12H2,(H,22,24). The predicted molar refractivity (Wildman–Crippen MR) is 98.5 cm³/mol. The van der Waals surface area contributed by atoms with Gasteiger partial charge in [-0.05, 0) is 35.9 Å². The molecule has 1 N–H and O–H groups in total. The normalized spacial score (nSPS) is 10.5. The molecule has 0 bridgehead atoms. The summed E-state index contributed by atoms with van der Waals surface area (Å²) < 4.78 is 0.726. The Morgan fingerprint density at radius 2 is 1.88 bits per heavy atom. The number of halogens is 2. The number of hydrogen-bond donors (Lipinski definition) is 1. The zero-order valence-electron chi connectivity index (χ0n) is 13.1. The van der Waals surface area contributed by atoms with Gasteiger partial charge in [0.05, 0.1) is 0 Å². The number of benzene rings is 2.